The van der Waals surface area contributed by atoms with E-state index in [-0.39, 0.29) is 23.4 Å². The fraction of sp³-hybridized carbons (Fsp3) is 0.321. The van der Waals surface area contributed by atoms with Gasteiger partial charge < -0.3 is 5.32 Å². The predicted molar refractivity (Wildman–Crippen MR) is 137 cm³/mol. The standard InChI is InChI=1S/C28H32N2O3S/c1-19-8-13-26(14-9-19)34(32,33)30(27-15-10-20(2)16-21(27)3)18-28(31)29-22(4)24-12-11-23-6-5-7-25(23)17-24/h8-17,22H,5-7,18H2,1-4H3,(H,29,31). The highest BCUT2D eigenvalue weighted by Gasteiger charge is 2.29. The van der Waals surface area contributed by atoms with Crippen LogP contribution in [0.2, 0.25) is 0 Å². The Balaban J connectivity index is 1.61. The summed E-state index contributed by atoms with van der Waals surface area (Å²) in [6, 6.07) is 18.4. The van der Waals surface area contributed by atoms with E-state index in [0.29, 0.717) is 5.69 Å². The Labute approximate surface area is 202 Å². The number of hydrogen-bond donors (Lipinski definition) is 1. The van der Waals surface area contributed by atoms with Crippen LogP contribution < -0.4 is 9.62 Å². The smallest absolute Gasteiger partial charge is 0.264 e. The minimum Gasteiger partial charge on any atom is -0.348 e. The van der Waals surface area contributed by atoms with Gasteiger partial charge in [-0.1, -0.05) is 53.6 Å². The third kappa shape index (κ3) is 5.02. The number of anilines is 1. The van der Waals surface area contributed by atoms with E-state index in [1.54, 1.807) is 30.3 Å². The number of fused-ring (bicyclic) bond motifs is 1. The van der Waals surface area contributed by atoms with Crippen LogP contribution in [0.1, 0.15) is 52.8 Å². The summed E-state index contributed by atoms with van der Waals surface area (Å²) in [5.41, 5.74) is 7.07. The molecule has 3 aromatic carbocycles. The Bertz CT molecular complexity index is 1310. The molecular weight excluding hydrogens is 444 g/mol. The van der Waals surface area contributed by atoms with Gasteiger partial charge in [0.15, 0.2) is 0 Å². The predicted octanol–water partition coefficient (Wildman–Crippen LogP) is 5.17. The van der Waals surface area contributed by atoms with E-state index in [1.807, 2.05) is 39.8 Å². The van der Waals surface area contributed by atoms with Gasteiger partial charge in [-0.15, -0.1) is 0 Å². The first-order chi connectivity index (χ1) is 16.1. The van der Waals surface area contributed by atoms with Crippen molar-refractivity contribution in [1.29, 1.82) is 0 Å². The van der Waals surface area contributed by atoms with E-state index in [2.05, 4.69) is 23.5 Å². The molecule has 0 spiro atoms. The Hall–Kier alpha value is -3.12. The summed E-state index contributed by atoms with van der Waals surface area (Å²) in [7, 11) is -3.94. The molecule has 0 fully saturated rings. The topological polar surface area (TPSA) is 66.5 Å². The van der Waals surface area contributed by atoms with Crippen molar-refractivity contribution in [2.45, 2.75) is 57.9 Å². The lowest BCUT2D eigenvalue weighted by atomic mass is 10.0. The molecule has 1 amide bonds. The van der Waals surface area contributed by atoms with Crippen LogP contribution in [-0.4, -0.2) is 20.9 Å². The normalized spacial score (nSPS) is 13.9. The van der Waals surface area contributed by atoms with Crippen LogP contribution in [0, 0.1) is 20.8 Å². The molecule has 1 unspecified atom stereocenters. The molecule has 6 heteroatoms. The van der Waals surface area contributed by atoms with Gasteiger partial charge in [0, 0.05) is 0 Å². The van der Waals surface area contributed by atoms with E-state index in [1.165, 1.54) is 21.9 Å². The van der Waals surface area contributed by atoms with Crippen LogP contribution in [0.5, 0.6) is 0 Å². The molecule has 1 aliphatic rings. The largest absolute Gasteiger partial charge is 0.348 e. The van der Waals surface area contributed by atoms with Gasteiger partial charge in [-0.05, 0) is 87.4 Å². The van der Waals surface area contributed by atoms with Crippen LogP contribution >= 0.6 is 0 Å². The third-order valence-corrected chi connectivity index (χ3v) is 8.29. The van der Waals surface area contributed by atoms with Gasteiger partial charge in [0.25, 0.3) is 10.0 Å². The number of nitrogens with one attached hydrogen (secondary N) is 1. The number of sulfonamides is 1. The van der Waals surface area contributed by atoms with E-state index in [4.69, 9.17) is 0 Å². The van der Waals surface area contributed by atoms with Crippen molar-refractivity contribution in [2.75, 3.05) is 10.8 Å². The Morgan fingerprint density at radius 3 is 2.29 bits per heavy atom. The van der Waals surface area contributed by atoms with Gasteiger partial charge in [0.2, 0.25) is 5.91 Å². The zero-order chi connectivity index (χ0) is 24.5. The highest BCUT2D eigenvalue weighted by Crippen LogP contribution is 2.28. The van der Waals surface area contributed by atoms with Crippen molar-refractivity contribution in [2.24, 2.45) is 0 Å². The Morgan fingerprint density at radius 2 is 1.59 bits per heavy atom. The zero-order valence-corrected chi connectivity index (χ0v) is 21.1. The maximum absolute atomic E-state index is 13.6. The van der Waals surface area contributed by atoms with Crippen molar-refractivity contribution >= 4 is 21.6 Å². The summed E-state index contributed by atoms with van der Waals surface area (Å²) in [5.74, 6) is -0.344. The first kappa shape index (κ1) is 24.0. The van der Waals surface area contributed by atoms with Crippen molar-refractivity contribution in [3.05, 3.63) is 94.0 Å². The number of rotatable bonds is 7. The van der Waals surface area contributed by atoms with Gasteiger partial charge in [0.05, 0.1) is 16.6 Å². The lowest BCUT2D eigenvalue weighted by Crippen LogP contribution is -2.42. The molecule has 0 saturated heterocycles. The van der Waals surface area contributed by atoms with Gasteiger partial charge in [-0.3, -0.25) is 9.10 Å². The number of hydrogen-bond acceptors (Lipinski definition) is 3. The molecule has 0 saturated carbocycles. The second-order valence-electron chi connectivity index (χ2n) is 9.29. The van der Waals surface area contributed by atoms with Crippen molar-refractivity contribution in [1.82, 2.24) is 5.32 Å². The summed E-state index contributed by atoms with van der Waals surface area (Å²) in [5, 5.41) is 3.01. The molecule has 1 aliphatic carbocycles. The molecule has 3 aromatic rings. The van der Waals surface area contributed by atoms with Crippen LogP contribution in [0.25, 0.3) is 0 Å². The SMILES string of the molecule is Cc1ccc(S(=O)(=O)N(CC(=O)NC(C)c2ccc3c(c2)CCC3)c2ccc(C)cc2C)cc1. The average Bonchev–Trinajstić information content (AvgIpc) is 3.26. The number of benzene rings is 3. The van der Waals surface area contributed by atoms with Crippen molar-refractivity contribution in [3.8, 4) is 0 Å². The first-order valence-corrected chi connectivity index (χ1v) is 13.2. The Morgan fingerprint density at radius 1 is 0.912 bits per heavy atom. The molecule has 0 heterocycles. The van der Waals surface area contributed by atoms with Crippen LogP contribution in [-0.2, 0) is 27.7 Å². The van der Waals surface area contributed by atoms with Crippen LogP contribution in [0.15, 0.2) is 65.6 Å². The second kappa shape index (κ2) is 9.63. The van der Waals surface area contributed by atoms with Crippen molar-refractivity contribution < 1.29 is 13.2 Å². The molecule has 0 aromatic heterocycles. The van der Waals surface area contributed by atoms with E-state index in [0.717, 1.165) is 35.1 Å². The molecule has 4 rings (SSSR count). The monoisotopic (exact) mass is 476 g/mol. The minimum atomic E-state index is -3.94. The molecule has 1 N–H and O–H groups in total. The van der Waals surface area contributed by atoms with Gasteiger partial charge in [-0.2, -0.15) is 0 Å². The first-order valence-electron chi connectivity index (χ1n) is 11.7. The fourth-order valence-electron chi connectivity index (χ4n) is 4.58. The molecule has 0 bridgehead atoms. The Kier molecular flexibility index (Phi) is 6.80. The quantitative estimate of drug-likeness (QED) is 0.511. The molecule has 34 heavy (non-hydrogen) atoms. The summed E-state index contributed by atoms with van der Waals surface area (Å²) in [4.78, 5) is 13.3. The van der Waals surface area contributed by atoms with Crippen molar-refractivity contribution in [3.63, 3.8) is 0 Å². The summed E-state index contributed by atoms with van der Waals surface area (Å²) in [6.45, 7) is 7.37. The third-order valence-electron chi connectivity index (χ3n) is 6.52. The van der Waals surface area contributed by atoms with E-state index < -0.39 is 10.0 Å². The molecule has 1 atom stereocenters. The maximum Gasteiger partial charge on any atom is 0.264 e. The van der Waals surface area contributed by atoms with E-state index >= 15 is 0 Å². The van der Waals surface area contributed by atoms with Gasteiger partial charge >= 0.3 is 0 Å². The summed E-state index contributed by atoms with van der Waals surface area (Å²) < 4.78 is 28.5. The maximum atomic E-state index is 13.6. The molecule has 5 nitrogen and oxygen atoms in total. The van der Waals surface area contributed by atoms with Gasteiger partial charge in [0.1, 0.15) is 6.54 Å². The summed E-state index contributed by atoms with van der Waals surface area (Å²) >= 11 is 0. The molecular formula is C28H32N2O3S. The lowest BCUT2D eigenvalue weighted by molar-refractivity contribution is -0.120. The molecule has 0 radical (unpaired) electrons. The average molecular weight is 477 g/mol. The highest BCUT2D eigenvalue weighted by molar-refractivity contribution is 7.92. The highest BCUT2D eigenvalue weighted by atomic mass is 32.2. The van der Waals surface area contributed by atoms with E-state index in [9.17, 15) is 13.2 Å². The molecule has 178 valence electrons. The number of aryl methyl sites for hydroxylation is 5. The number of nitrogens with zero attached hydrogens (tertiary/aromatic N) is 1. The number of carbonyl (C=O) groups excluding carboxylic acids is 1. The second-order valence-corrected chi connectivity index (χ2v) is 11.1. The fourth-order valence-corrected chi connectivity index (χ4v) is 6.07. The number of amides is 1. The minimum absolute atomic E-state index is 0.164. The number of carbonyl (C=O) groups is 1. The van der Waals surface area contributed by atoms with Crippen LogP contribution in [0.4, 0.5) is 5.69 Å². The molecule has 0 aliphatic heterocycles. The van der Waals surface area contributed by atoms with Crippen LogP contribution in [0.3, 0.4) is 0 Å². The zero-order valence-electron chi connectivity index (χ0n) is 20.3. The van der Waals surface area contributed by atoms with Gasteiger partial charge in [-0.25, -0.2) is 8.42 Å². The summed E-state index contributed by atoms with van der Waals surface area (Å²) in [6.07, 6.45) is 3.35. The lowest BCUT2D eigenvalue weighted by Gasteiger charge is -2.27.